The Morgan fingerprint density at radius 3 is 2.76 bits per heavy atom. The molecular weight excluding hydrogens is 312 g/mol. The zero-order valence-corrected chi connectivity index (χ0v) is 15.0. The normalized spacial score (nSPS) is 18.2. The van der Waals surface area contributed by atoms with Crippen molar-refractivity contribution in [2.45, 2.75) is 32.1 Å². The number of benzene rings is 1. The molecule has 0 atom stereocenters. The number of quaternary nitrogens is 1. The summed E-state index contributed by atoms with van der Waals surface area (Å²) in [5.74, 6) is 1.28. The molecule has 1 fully saturated rings. The molecule has 0 unspecified atom stereocenters. The van der Waals surface area contributed by atoms with Crippen LogP contribution in [0, 0.1) is 0 Å². The molecule has 1 amide bonds. The lowest BCUT2D eigenvalue weighted by molar-refractivity contribution is -0.890. The molecule has 1 aromatic heterocycles. The highest BCUT2D eigenvalue weighted by atomic mass is 16.2. The van der Waals surface area contributed by atoms with E-state index < -0.39 is 0 Å². The highest BCUT2D eigenvalue weighted by Gasteiger charge is 2.30. The SMILES string of the molecule is CN1CCc2c1[nH+]c1ccccc1c2NC(=O)C[NH+]1CCCCCC1. The van der Waals surface area contributed by atoms with Gasteiger partial charge >= 0.3 is 0 Å². The second-order valence-electron chi connectivity index (χ2n) is 7.43. The Kier molecular flexibility index (Phi) is 4.57. The number of H-pyrrole nitrogens is 1. The van der Waals surface area contributed by atoms with Crippen molar-refractivity contribution in [1.29, 1.82) is 0 Å². The summed E-state index contributed by atoms with van der Waals surface area (Å²) in [4.78, 5) is 20.0. The zero-order chi connectivity index (χ0) is 17.2. The fourth-order valence-electron chi connectivity index (χ4n) is 4.21. The minimum Gasteiger partial charge on any atom is -0.327 e. The minimum absolute atomic E-state index is 0.144. The molecule has 5 nitrogen and oxygen atoms in total. The van der Waals surface area contributed by atoms with Crippen molar-refractivity contribution < 1.29 is 14.7 Å². The molecule has 2 aromatic rings. The lowest BCUT2D eigenvalue weighted by Crippen LogP contribution is -3.12. The smallest absolute Gasteiger partial charge is 0.280 e. The molecule has 1 saturated heterocycles. The first-order valence-corrected chi connectivity index (χ1v) is 9.54. The number of nitrogens with zero attached hydrogens (tertiary/aromatic N) is 1. The monoisotopic (exact) mass is 340 g/mol. The van der Waals surface area contributed by atoms with E-state index in [1.807, 2.05) is 12.1 Å². The summed E-state index contributed by atoms with van der Waals surface area (Å²) < 4.78 is 0. The van der Waals surface area contributed by atoms with Gasteiger partial charge in [-0.3, -0.25) is 9.69 Å². The number of para-hydroxylation sites is 1. The van der Waals surface area contributed by atoms with Gasteiger partial charge in [0.1, 0.15) is 5.52 Å². The van der Waals surface area contributed by atoms with Gasteiger partial charge in [-0.15, -0.1) is 0 Å². The predicted molar refractivity (Wildman–Crippen MR) is 100 cm³/mol. The summed E-state index contributed by atoms with van der Waals surface area (Å²) in [7, 11) is 2.10. The summed E-state index contributed by atoms with van der Waals surface area (Å²) in [5.41, 5.74) is 3.32. The van der Waals surface area contributed by atoms with Crippen LogP contribution in [0.1, 0.15) is 31.2 Å². The van der Waals surface area contributed by atoms with Gasteiger partial charge in [-0.05, 0) is 37.8 Å². The van der Waals surface area contributed by atoms with Crippen LogP contribution in [0.25, 0.3) is 10.9 Å². The fraction of sp³-hybridized carbons (Fsp3) is 0.500. The molecule has 2 aliphatic rings. The van der Waals surface area contributed by atoms with Gasteiger partial charge in [0.2, 0.25) is 0 Å². The van der Waals surface area contributed by atoms with Crippen LogP contribution in [-0.2, 0) is 11.2 Å². The van der Waals surface area contributed by atoms with Crippen molar-refractivity contribution in [2.24, 2.45) is 0 Å². The molecule has 1 aromatic carbocycles. The van der Waals surface area contributed by atoms with Gasteiger partial charge in [0.05, 0.1) is 37.9 Å². The lowest BCUT2D eigenvalue weighted by Gasteiger charge is -2.17. The van der Waals surface area contributed by atoms with Crippen molar-refractivity contribution >= 4 is 28.3 Å². The number of aromatic amines is 1. The third-order valence-corrected chi connectivity index (χ3v) is 5.60. The Bertz CT molecular complexity index is 781. The Balaban J connectivity index is 1.61. The number of hydrogen-bond acceptors (Lipinski definition) is 2. The van der Waals surface area contributed by atoms with Crippen LogP contribution in [0.4, 0.5) is 11.5 Å². The van der Waals surface area contributed by atoms with E-state index in [2.05, 4.69) is 34.4 Å². The number of amides is 1. The quantitative estimate of drug-likeness (QED) is 0.877. The average molecular weight is 340 g/mol. The van der Waals surface area contributed by atoms with E-state index in [4.69, 9.17) is 0 Å². The molecule has 3 heterocycles. The molecule has 4 rings (SSSR count). The summed E-state index contributed by atoms with van der Waals surface area (Å²) in [6, 6.07) is 8.25. The first-order chi connectivity index (χ1) is 12.2. The van der Waals surface area contributed by atoms with E-state index in [-0.39, 0.29) is 5.91 Å². The van der Waals surface area contributed by atoms with Gasteiger partial charge in [-0.25, -0.2) is 4.98 Å². The zero-order valence-electron chi connectivity index (χ0n) is 15.0. The molecular formula is C20H28N4O+2. The summed E-state index contributed by atoms with van der Waals surface area (Å²) in [6.45, 7) is 3.81. The maximum Gasteiger partial charge on any atom is 0.280 e. The molecule has 0 saturated carbocycles. The molecule has 2 aliphatic heterocycles. The standard InChI is InChI=1S/C20H26N4O/c1-23-13-10-16-19(15-8-4-5-9-17(15)21-20(16)23)22-18(25)14-24-11-6-2-3-7-12-24/h4-5,8-9H,2-3,6-7,10-14H2,1H3,(H,21,22,25)/p+2. The van der Waals surface area contributed by atoms with E-state index >= 15 is 0 Å². The van der Waals surface area contributed by atoms with Crippen molar-refractivity contribution in [3.63, 3.8) is 0 Å². The third-order valence-electron chi connectivity index (χ3n) is 5.60. The van der Waals surface area contributed by atoms with E-state index in [0.29, 0.717) is 6.54 Å². The van der Waals surface area contributed by atoms with Crippen LogP contribution in [0.5, 0.6) is 0 Å². The van der Waals surface area contributed by atoms with Crippen molar-refractivity contribution in [2.75, 3.05) is 43.4 Å². The summed E-state index contributed by atoms with van der Waals surface area (Å²) in [5, 5.41) is 4.37. The number of nitrogens with one attached hydrogen (secondary N) is 3. The second-order valence-corrected chi connectivity index (χ2v) is 7.43. The van der Waals surface area contributed by atoms with Gasteiger partial charge in [0.25, 0.3) is 11.7 Å². The predicted octanol–water partition coefficient (Wildman–Crippen LogP) is 1.04. The number of hydrogen-bond donors (Lipinski definition) is 2. The summed E-state index contributed by atoms with van der Waals surface area (Å²) >= 11 is 0. The van der Waals surface area contributed by atoms with Gasteiger partial charge in [-0.2, -0.15) is 0 Å². The lowest BCUT2D eigenvalue weighted by atomic mass is 10.1. The number of likely N-dealkylation sites (N-methyl/N-ethyl adjacent to an activating group) is 1. The molecule has 3 N–H and O–H groups in total. The maximum absolute atomic E-state index is 12.8. The van der Waals surface area contributed by atoms with Crippen LogP contribution in [0.3, 0.4) is 0 Å². The highest BCUT2D eigenvalue weighted by Crippen LogP contribution is 2.34. The van der Waals surface area contributed by atoms with Gasteiger partial charge in [-0.1, -0.05) is 12.1 Å². The first-order valence-electron chi connectivity index (χ1n) is 9.54. The molecule has 25 heavy (non-hydrogen) atoms. The third kappa shape index (κ3) is 3.33. The van der Waals surface area contributed by atoms with E-state index in [1.165, 1.54) is 36.1 Å². The molecule has 132 valence electrons. The fourth-order valence-corrected chi connectivity index (χ4v) is 4.21. The number of rotatable bonds is 3. The number of anilines is 2. The van der Waals surface area contributed by atoms with Gasteiger partial charge < -0.3 is 10.2 Å². The topological polar surface area (TPSA) is 50.9 Å². The molecule has 5 heteroatoms. The van der Waals surface area contributed by atoms with E-state index in [1.54, 1.807) is 0 Å². The highest BCUT2D eigenvalue weighted by molar-refractivity contribution is 6.03. The van der Waals surface area contributed by atoms with E-state index in [0.717, 1.165) is 48.5 Å². The van der Waals surface area contributed by atoms with Crippen LogP contribution < -0.4 is 20.1 Å². The average Bonchev–Trinajstić information content (AvgIpc) is 2.82. The molecule has 0 radical (unpaired) electrons. The van der Waals surface area contributed by atoms with Crippen molar-refractivity contribution in [3.8, 4) is 0 Å². The van der Waals surface area contributed by atoms with Crippen molar-refractivity contribution in [1.82, 2.24) is 0 Å². The summed E-state index contributed by atoms with van der Waals surface area (Å²) in [6.07, 6.45) is 6.08. The second kappa shape index (κ2) is 7.00. The van der Waals surface area contributed by atoms with Crippen LogP contribution >= 0.6 is 0 Å². The number of fused-ring (bicyclic) bond motifs is 2. The number of aromatic nitrogens is 1. The Labute approximate surface area is 149 Å². The molecule has 0 bridgehead atoms. The van der Waals surface area contributed by atoms with Crippen LogP contribution in [0.2, 0.25) is 0 Å². The number of likely N-dealkylation sites (tertiary alicyclic amines) is 1. The largest absolute Gasteiger partial charge is 0.327 e. The molecule has 0 aliphatic carbocycles. The van der Waals surface area contributed by atoms with Crippen LogP contribution in [0.15, 0.2) is 24.3 Å². The number of pyridine rings is 1. The minimum atomic E-state index is 0.144. The Morgan fingerprint density at radius 1 is 1.20 bits per heavy atom. The Hall–Kier alpha value is -2.14. The van der Waals surface area contributed by atoms with E-state index in [9.17, 15) is 4.79 Å². The number of carbonyl (C=O) groups is 1. The Morgan fingerprint density at radius 2 is 1.96 bits per heavy atom. The van der Waals surface area contributed by atoms with Crippen molar-refractivity contribution in [3.05, 3.63) is 29.8 Å². The first kappa shape index (κ1) is 16.3. The maximum atomic E-state index is 12.8. The van der Waals surface area contributed by atoms with Gasteiger partial charge in [0.15, 0.2) is 6.54 Å². The van der Waals surface area contributed by atoms with Gasteiger partial charge in [0, 0.05) is 11.8 Å². The van der Waals surface area contributed by atoms with Crippen LogP contribution in [-0.4, -0.2) is 39.1 Å². The number of carbonyl (C=O) groups excluding carboxylic acids is 1. The molecule has 0 spiro atoms.